The Morgan fingerprint density at radius 2 is 2.17 bits per heavy atom. The lowest BCUT2D eigenvalue weighted by Crippen LogP contribution is -2.22. The van der Waals surface area contributed by atoms with Gasteiger partial charge in [-0.3, -0.25) is 5.41 Å². The average Bonchev–Trinajstić information content (AvgIpc) is 3.03. The summed E-state index contributed by atoms with van der Waals surface area (Å²) in [4.78, 5) is 9.96. The van der Waals surface area contributed by atoms with Crippen molar-refractivity contribution >= 4 is 24.0 Å². The van der Waals surface area contributed by atoms with Gasteiger partial charge in [0, 0.05) is 17.8 Å². The molecule has 0 unspecified atom stereocenters. The molecule has 0 atom stereocenters. The van der Waals surface area contributed by atoms with Crippen LogP contribution in [0, 0.1) is 5.41 Å². The summed E-state index contributed by atoms with van der Waals surface area (Å²) in [5.41, 5.74) is 13.1. The number of unbranched alkanes of at least 4 members (excludes halogenated alkanes) is 3. The maximum absolute atomic E-state index is 7.66. The first-order valence-electron chi connectivity index (χ1n) is 8.07. The highest BCUT2D eigenvalue weighted by atomic mass is 16.4. The van der Waals surface area contributed by atoms with E-state index in [9.17, 15) is 0 Å². The van der Waals surface area contributed by atoms with Crippen LogP contribution in [0.1, 0.15) is 32.6 Å². The van der Waals surface area contributed by atoms with Crippen molar-refractivity contribution in [1.29, 1.82) is 5.41 Å². The van der Waals surface area contributed by atoms with E-state index in [-0.39, 0.29) is 12.0 Å². The Morgan fingerprint density at radius 1 is 1.33 bits per heavy atom. The predicted molar refractivity (Wildman–Crippen MR) is 97.7 cm³/mol. The van der Waals surface area contributed by atoms with Gasteiger partial charge in [0.15, 0.2) is 5.96 Å². The molecule has 0 amide bonds. The van der Waals surface area contributed by atoms with Crippen molar-refractivity contribution in [2.24, 2.45) is 16.5 Å². The minimum absolute atomic E-state index is 0.0980. The van der Waals surface area contributed by atoms with Crippen molar-refractivity contribution < 1.29 is 4.42 Å². The smallest absolute Gasteiger partial charge is 0.325 e. The van der Waals surface area contributed by atoms with Crippen LogP contribution in [0.25, 0.3) is 11.3 Å². The third kappa shape index (κ3) is 4.84. The molecule has 7 heteroatoms. The number of oxazole rings is 1. The van der Waals surface area contributed by atoms with Crippen LogP contribution in [-0.2, 0) is 0 Å². The van der Waals surface area contributed by atoms with E-state index in [1.807, 2.05) is 29.2 Å². The molecule has 0 bridgehead atoms. The second kappa shape index (κ2) is 8.71. The second-order valence-electron chi connectivity index (χ2n) is 5.49. The number of hydrogen-bond donors (Lipinski definition) is 3. The van der Waals surface area contributed by atoms with E-state index in [0.717, 1.165) is 24.2 Å². The molecule has 1 aromatic carbocycles. The Hall–Kier alpha value is -2.83. The zero-order valence-corrected chi connectivity index (χ0v) is 13.9. The third-order valence-corrected chi connectivity index (χ3v) is 3.60. The van der Waals surface area contributed by atoms with Gasteiger partial charge >= 0.3 is 6.01 Å². The van der Waals surface area contributed by atoms with Gasteiger partial charge in [-0.15, -0.1) is 0 Å². The number of aliphatic imine (C=N–C) groups is 1. The number of nitrogens with zero attached hydrogens (tertiary/aromatic N) is 3. The van der Waals surface area contributed by atoms with Crippen molar-refractivity contribution in [1.82, 2.24) is 4.98 Å². The first kappa shape index (κ1) is 17.5. The maximum Gasteiger partial charge on any atom is 0.325 e. The Bertz CT molecular complexity index is 690. The molecule has 0 spiro atoms. The van der Waals surface area contributed by atoms with E-state index in [4.69, 9.17) is 21.3 Å². The number of nitrogens with two attached hydrogens (primary N) is 2. The summed E-state index contributed by atoms with van der Waals surface area (Å²) in [6.45, 7) is 3.01. The third-order valence-electron chi connectivity index (χ3n) is 3.60. The number of rotatable bonds is 9. The monoisotopic (exact) mass is 328 g/mol. The van der Waals surface area contributed by atoms with E-state index in [2.05, 4.69) is 16.9 Å². The van der Waals surface area contributed by atoms with Crippen LogP contribution >= 0.6 is 0 Å². The maximum atomic E-state index is 7.66. The van der Waals surface area contributed by atoms with Crippen molar-refractivity contribution in [3.8, 4) is 11.3 Å². The van der Waals surface area contributed by atoms with Gasteiger partial charge in [0.1, 0.15) is 12.0 Å². The highest BCUT2D eigenvalue weighted by molar-refractivity contribution is 5.80. The first-order chi connectivity index (χ1) is 11.6. The molecule has 0 fully saturated rings. The molecular weight excluding hydrogens is 304 g/mol. The molecule has 0 aliphatic heterocycles. The van der Waals surface area contributed by atoms with E-state index < -0.39 is 0 Å². The van der Waals surface area contributed by atoms with Crippen LogP contribution in [0.4, 0.5) is 11.7 Å². The molecule has 7 nitrogen and oxygen atoms in total. The number of aromatic nitrogens is 1. The zero-order chi connectivity index (χ0) is 17.4. The predicted octanol–water partition coefficient (Wildman–Crippen LogP) is 3.24. The van der Waals surface area contributed by atoms with Gasteiger partial charge in [0.2, 0.25) is 0 Å². The van der Waals surface area contributed by atoms with Gasteiger partial charge in [-0.2, -0.15) is 9.98 Å². The van der Waals surface area contributed by atoms with Gasteiger partial charge in [-0.1, -0.05) is 38.3 Å². The van der Waals surface area contributed by atoms with Crippen LogP contribution in [0.15, 0.2) is 39.9 Å². The highest BCUT2D eigenvalue weighted by Gasteiger charge is 2.09. The van der Waals surface area contributed by atoms with E-state index in [1.165, 1.54) is 31.9 Å². The Labute approximate surface area is 141 Å². The van der Waals surface area contributed by atoms with Crippen molar-refractivity contribution in [3.05, 3.63) is 30.5 Å². The van der Waals surface area contributed by atoms with E-state index >= 15 is 0 Å². The fraction of sp³-hybridized carbons (Fsp3) is 0.353. The molecule has 1 heterocycles. The normalized spacial score (nSPS) is 10.4. The first-order valence-corrected chi connectivity index (χ1v) is 8.07. The Morgan fingerprint density at radius 3 is 2.88 bits per heavy atom. The van der Waals surface area contributed by atoms with Crippen LogP contribution in [0.5, 0.6) is 0 Å². The molecule has 0 saturated heterocycles. The van der Waals surface area contributed by atoms with Crippen LogP contribution in [0.3, 0.4) is 0 Å². The van der Waals surface area contributed by atoms with Gasteiger partial charge < -0.3 is 20.8 Å². The average molecular weight is 328 g/mol. The molecule has 1 aromatic heterocycles. The summed E-state index contributed by atoms with van der Waals surface area (Å²) in [7, 11) is 0. The lowest BCUT2D eigenvalue weighted by molar-refractivity contribution is 0.570. The molecule has 24 heavy (non-hydrogen) atoms. The van der Waals surface area contributed by atoms with Gasteiger partial charge in [-0.05, 0) is 18.6 Å². The highest BCUT2D eigenvalue weighted by Crippen LogP contribution is 2.26. The quantitative estimate of drug-likeness (QED) is 0.371. The summed E-state index contributed by atoms with van der Waals surface area (Å²) in [6, 6.07) is 7.94. The lowest BCUT2D eigenvalue weighted by atomic mass is 10.1. The minimum atomic E-state index is -0.0980. The fourth-order valence-corrected chi connectivity index (χ4v) is 2.38. The molecule has 0 saturated carbocycles. The molecule has 0 aliphatic carbocycles. The Balaban J connectivity index is 2.13. The second-order valence-corrected chi connectivity index (χ2v) is 5.49. The Kier molecular flexibility index (Phi) is 6.36. The molecule has 0 aliphatic rings. The minimum Gasteiger partial charge on any atom is -0.430 e. The lowest BCUT2D eigenvalue weighted by Gasteiger charge is -2.19. The standard InChI is InChI=1S/C17H24N6O/c1-2-3-4-5-9-23(12-18)14-8-6-7-13(10-14)15-11-24-17(21-15)22-16(19)20/h6-8,10-12,18H,2-5,9H2,1H3,(H4,19,20,21,22). The van der Waals surface area contributed by atoms with Gasteiger partial charge in [0.05, 0.1) is 6.34 Å². The molecular formula is C17H24N6O. The topological polar surface area (TPSA) is 118 Å². The molecule has 2 rings (SSSR count). The molecule has 128 valence electrons. The van der Waals surface area contributed by atoms with E-state index in [0.29, 0.717) is 5.69 Å². The van der Waals surface area contributed by atoms with E-state index in [1.54, 1.807) is 0 Å². The van der Waals surface area contributed by atoms with Gasteiger partial charge in [-0.25, -0.2) is 0 Å². The SMILES string of the molecule is CCCCCCN(C=N)c1cccc(-c2coc(N=C(N)N)n2)c1. The van der Waals surface area contributed by atoms with Crippen molar-refractivity contribution in [2.45, 2.75) is 32.6 Å². The molecule has 5 N–H and O–H groups in total. The summed E-state index contributed by atoms with van der Waals surface area (Å²) in [6.07, 6.45) is 7.52. The fourth-order valence-electron chi connectivity index (χ4n) is 2.38. The molecule has 2 aromatic rings. The summed E-state index contributed by atoms with van der Waals surface area (Å²) in [5, 5.41) is 7.66. The van der Waals surface area contributed by atoms with Crippen LogP contribution < -0.4 is 16.4 Å². The number of guanidine groups is 1. The summed E-state index contributed by atoms with van der Waals surface area (Å²) >= 11 is 0. The number of hydrogen-bond acceptors (Lipinski definition) is 4. The number of anilines is 1. The van der Waals surface area contributed by atoms with Crippen molar-refractivity contribution in [3.63, 3.8) is 0 Å². The van der Waals surface area contributed by atoms with Crippen LogP contribution in [0.2, 0.25) is 0 Å². The number of nitrogens with one attached hydrogen (secondary N) is 1. The summed E-state index contributed by atoms with van der Waals surface area (Å²) < 4.78 is 5.23. The van der Waals surface area contributed by atoms with Crippen LogP contribution in [-0.4, -0.2) is 23.8 Å². The number of benzene rings is 1. The molecule has 0 radical (unpaired) electrons. The largest absolute Gasteiger partial charge is 0.430 e. The summed E-state index contributed by atoms with van der Waals surface area (Å²) in [5.74, 6) is -0.0980. The van der Waals surface area contributed by atoms with Crippen molar-refractivity contribution in [2.75, 3.05) is 11.4 Å². The van der Waals surface area contributed by atoms with Gasteiger partial charge in [0.25, 0.3) is 0 Å². The zero-order valence-electron chi connectivity index (χ0n) is 13.9.